The number of hydrogen-bond acceptors (Lipinski definition) is 6. The fraction of sp³-hybridized carbons (Fsp3) is 0.176. The number of halogens is 2. The third-order valence-corrected chi connectivity index (χ3v) is 4.63. The summed E-state index contributed by atoms with van der Waals surface area (Å²) < 4.78 is 33.3. The molecular formula is C17H15F2N5O3S. The van der Waals surface area contributed by atoms with Gasteiger partial charge in [-0.05, 0) is 24.3 Å². The number of benzene rings is 1. The van der Waals surface area contributed by atoms with Gasteiger partial charge in [0.05, 0.1) is 24.2 Å². The van der Waals surface area contributed by atoms with E-state index in [1.165, 1.54) is 12.3 Å². The van der Waals surface area contributed by atoms with E-state index in [0.29, 0.717) is 11.0 Å². The lowest BCUT2D eigenvalue weighted by Crippen LogP contribution is -2.24. The maximum atomic E-state index is 13.6. The molecule has 0 aliphatic heterocycles. The fourth-order valence-electron chi connectivity index (χ4n) is 2.19. The summed E-state index contributed by atoms with van der Waals surface area (Å²) >= 11 is 1.07. The van der Waals surface area contributed by atoms with Crippen LogP contribution in [0.15, 0.2) is 46.2 Å². The standard InChI is InChI=1S/C17H15F2N5O3S/c1-24-14(8-20-16(26)13-3-2-6-27-13)22-23-17(24)28-9-15(25)21-12-7-10(18)4-5-11(12)19/h2-7H,8-9H2,1H3,(H,20,26)(H,21,25). The van der Waals surface area contributed by atoms with Crippen LogP contribution in [0.25, 0.3) is 0 Å². The Kier molecular flexibility index (Phi) is 6.04. The minimum Gasteiger partial charge on any atom is -0.459 e. The molecule has 0 atom stereocenters. The van der Waals surface area contributed by atoms with Gasteiger partial charge in [-0.2, -0.15) is 0 Å². The highest BCUT2D eigenvalue weighted by Gasteiger charge is 2.15. The van der Waals surface area contributed by atoms with Gasteiger partial charge in [-0.3, -0.25) is 9.59 Å². The molecule has 11 heteroatoms. The summed E-state index contributed by atoms with van der Waals surface area (Å²) in [6.45, 7) is 0.115. The van der Waals surface area contributed by atoms with Crippen LogP contribution in [0.4, 0.5) is 14.5 Å². The second-order valence-corrected chi connectivity index (χ2v) is 6.52. The Morgan fingerprint density at radius 1 is 1.25 bits per heavy atom. The Bertz CT molecular complexity index is 991. The molecule has 2 N–H and O–H groups in total. The Balaban J connectivity index is 1.53. The van der Waals surface area contributed by atoms with E-state index in [4.69, 9.17) is 4.42 Å². The van der Waals surface area contributed by atoms with Gasteiger partial charge < -0.3 is 19.6 Å². The minimum absolute atomic E-state index is 0.0827. The average Bonchev–Trinajstić information content (AvgIpc) is 3.32. The van der Waals surface area contributed by atoms with Crippen molar-refractivity contribution >= 4 is 29.3 Å². The lowest BCUT2D eigenvalue weighted by Gasteiger charge is -2.07. The number of furan rings is 1. The molecule has 0 aliphatic rings. The van der Waals surface area contributed by atoms with Gasteiger partial charge in [-0.15, -0.1) is 10.2 Å². The third kappa shape index (κ3) is 4.74. The smallest absolute Gasteiger partial charge is 0.287 e. The van der Waals surface area contributed by atoms with E-state index in [1.807, 2.05) is 0 Å². The molecule has 3 rings (SSSR count). The monoisotopic (exact) mass is 407 g/mol. The molecule has 0 radical (unpaired) electrons. The molecule has 146 valence electrons. The highest BCUT2D eigenvalue weighted by atomic mass is 32.2. The molecular weight excluding hydrogens is 392 g/mol. The number of rotatable bonds is 7. The zero-order chi connectivity index (χ0) is 20.1. The van der Waals surface area contributed by atoms with Gasteiger partial charge in [0.1, 0.15) is 11.6 Å². The van der Waals surface area contributed by atoms with Crippen LogP contribution in [0.3, 0.4) is 0 Å². The van der Waals surface area contributed by atoms with Gasteiger partial charge in [0.25, 0.3) is 5.91 Å². The molecule has 0 bridgehead atoms. The van der Waals surface area contributed by atoms with Gasteiger partial charge in [0.2, 0.25) is 5.91 Å². The Morgan fingerprint density at radius 2 is 2.07 bits per heavy atom. The number of anilines is 1. The summed E-state index contributed by atoms with van der Waals surface area (Å²) in [7, 11) is 1.68. The number of amides is 2. The first kappa shape index (κ1) is 19.5. The molecule has 0 aliphatic carbocycles. The maximum absolute atomic E-state index is 13.6. The van der Waals surface area contributed by atoms with Crippen LogP contribution < -0.4 is 10.6 Å². The molecule has 28 heavy (non-hydrogen) atoms. The van der Waals surface area contributed by atoms with Crippen LogP contribution in [0, 0.1) is 11.6 Å². The zero-order valence-electron chi connectivity index (χ0n) is 14.6. The van der Waals surface area contributed by atoms with E-state index in [-0.39, 0.29) is 23.7 Å². The first-order valence-corrected chi connectivity index (χ1v) is 9.00. The molecule has 2 aromatic heterocycles. The zero-order valence-corrected chi connectivity index (χ0v) is 15.4. The first-order valence-electron chi connectivity index (χ1n) is 8.01. The van der Waals surface area contributed by atoms with Crippen molar-refractivity contribution in [1.29, 1.82) is 0 Å². The highest BCUT2D eigenvalue weighted by Crippen LogP contribution is 2.18. The molecule has 2 amide bonds. The second-order valence-electron chi connectivity index (χ2n) is 5.58. The second kappa shape index (κ2) is 8.65. The molecule has 1 aromatic carbocycles. The fourth-order valence-corrected chi connectivity index (χ4v) is 2.92. The van der Waals surface area contributed by atoms with E-state index >= 15 is 0 Å². The summed E-state index contributed by atoms with van der Waals surface area (Å²) in [6.07, 6.45) is 1.40. The van der Waals surface area contributed by atoms with Gasteiger partial charge in [0, 0.05) is 13.1 Å². The minimum atomic E-state index is -0.729. The van der Waals surface area contributed by atoms with Gasteiger partial charge >= 0.3 is 0 Å². The van der Waals surface area contributed by atoms with Crippen molar-refractivity contribution in [3.8, 4) is 0 Å². The Hall–Kier alpha value is -3.21. The summed E-state index contributed by atoms with van der Waals surface area (Å²) in [5, 5.41) is 13.3. The predicted molar refractivity (Wildman–Crippen MR) is 96.6 cm³/mol. The number of hydrogen-bond donors (Lipinski definition) is 2. The van der Waals surface area contributed by atoms with Crippen molar-refractivity contribution in [3.63, 3.8) is 0 Å². The van der Waals surface area contributed by atoms with Crippen LogP contribution in [0.5, 0.6) is 0 Å². The van der Waals surface area contributed by atoms with E-state index in [1.54, 1.807) is 17.7 Å². The molecule has 0 unspecified atom stereocenters. The lowest BCUT2D eigenvalue weighted by molar-refractivity contribution is -0.113. The molecule has 0 spiro atoms. The van der Waals surface area contributed by atoms with Crippen molar-refractivity contribution < 1.29 is 22.8 Å². The van der Waals surface area contributed by atoms with E-state index in [0.717, 1.165) is 30.0 Å². The van der Waals surface area contributed by atoms with Crippen molar-refractivity contribution in [3.05, 3.63) is 59.8 Å². The lowest BCUT2D eigenvalue weighted by atomic mass is 10.3. The number of carbonyl (C=O) groups is 2. The topological polar surface area (TPSA) is 102 Å². The number of aromatic nitrogens is 3. The summed E-state index contributed by atoms with van der Waals surface area (Å²) in [5.74, 6) is -1.73. The van der Waals surface area contributed by atoms with Crippen molar-refractivity contribution in [2.75, 3.05) is 11.1 Å². The maximum Gasteiger partial charge on any atom is 0.287 e. The number of carbonyl (C=O) groups excluding carboxylic acids is 2. The largest absolute Gasteiger partial charge is 0.459 e. The first-order chi connectivity index (χ1) is 13.4. The number of thioether (sulfide) groups is 1. The molecule has 8 nitrogen and oxygen atoms in total. The van der Waals surface area contributed by atoms with Crippen LogP contribution in [-0.4, -0.2) is 32.3 Å². The summed E-state index contributed by atoms with van der Waals surface area (Å²) in [5.41, 5.74) is -0.232. The molecule has 0 saturated carbocycles. The Morgan fingerprint density at radius 3 is 2.82 bits per heavy atom. The quantitative estimate of drug-likeness (QED) is 0.583. The van der Waals surface area contributed by atoms with E-state index in [2.05, 4.69) is 20.8 Å². The molecule has 0 saturated heterocycles. The number of nitrogens with one attached hydrogen (secondary N) is 2. The molecule has 0 fully saturated rings. The third-order valence-electron chi connectivity index (χ3n) is 3.61. The summed E-state index contributed by atoms with van der Waals surface area (Å²) in [4.78, 5) is 23.8. The highest BCUT2D eigenvalue weighted by molar-refractivity contribution is 7.99. The molecule has 2 heterocycles. The van der Waals surface area contributed by atoms with Gasteiger partial charge in [-0.1, -0.05) is 11.8 Å². The van der Waals surface area contributed by atoms with Crippen LogP contribution in [0.2, 0.25) is 0 Å². The van der Waals surface area contributed by atoms with Gasteiger partial charge in [-0.25, -0.2) is 8.78 Å². The normalized spacial score (nSPS) is 10.7. The van der Waals surface area contributed by atoms with Gasteiger partial charge in [0.15, 0.2) is 16.7 Å². The van der Waals surface area contributed by atoms with Crippen molar-refractivity contribution in [2.45, 2.75) is 11.7 Å². The Labute approximate surface area is 162 Å². The SMILES string of the molecule is Cn1c(CNC(=O)c2ccco2)nnc1SCC(=O)Nc1cc(F)ccc1F. The van der Waals surface area contributed by atoms with E-state index in [9.17, 15) is 18.4 Å². The van der Waals surface area contributed by atoms with Crippen molar-refractivity contribution in [2.24, 2.45) is 7.05 Å². The molecule has 3 aromatic rings. The van der Waals surface area contributed by atoms with E-state index < -0.39 is 23.4 Å². The summed E-state index contributed by atoms with van der Waals surface area (Å²) in [6, 6.07) is 5.94. The van der Waals surface area contributed by atoms with Crippen LogP contribution in [0.1, 0.15) is 16.4 Å². The van der Waals surface area contributed by atoms with Crippen molar-refractivity contribution in [1.82, 2.24) is 20.1 Å². The van der Waals surface area contributed by atoms with Crippen LogP contribution >= 0.6 is 11.8 Å². The average molecular weight is 407 g/mol. The number of nitrogens with zero attached hydrogens (tertiary/aromatic N) is 3. The van der Waals surface area contributed by atoms with Crippen LogP contribution in [-0.2, 0) is 18.4 Å². The predicted octanol–water partition coefficient (Wildman–Crippen LogP) is 2.35.